The molecule has 8 heteroatoms. The van der Waals surface area contributed by atoms with Crippen molar-refractivity contribution >= 4 is 23.0 Å². The van der Waals surface area contributed by atoms with Gasteiger partial charge in [0.1, 0.15) is 11.8 Å². The van der Waals surface area contributed by atoms with Gasteiger partial charge in [-0.25, -0.2) is 19.7 Å². The molecule has 0 saturated carbocycles. The van der Waals surface area contributed by atoms with Gasteiger partial charge in [0.25, 0.3) is 0 Å². The standard InChI is InChI=1S/C11H13N5O3/c1-18-11(17)7-4-19-3-2-16(7)10-8-9(13-5-12-8)14-6-15-10/h5-7H,2-4H2,1H3,(H,12,13,14,15). The number of ether oxygens (including phenoxy) is 2. The van der Waals surface area contributed by atoms with E-state index in [2.05, 4.69) is 19.9 Å². The van der Waals surface area contributed by atoms with Gasteiger partial charge < -0.3 is 19.4 Å². The Kier molecular flexibility index (Phi) is 3.00. The second kappa shape index (κ2) is 4.81. The van der Waals surface area contributed by atoms with Crippen molar-refractivity contribution in [2.45, 2.75) is 6.04 Å². The molecule has 0 aromatic carbocycles. The van der Waals surface area contributed by atoms with Crippen molar-refractivity contribution in [1.29, 1.82) is 0 Å². The Morgan fingerprint density at radius 1 is 1.53 bits per heavy atom. The van der Waals surface area contributed by atoms with Crippen LogP contribution in [-0.2, 0) is 14.3 Å². The predicted molar refractivity (Wildman–Crippen MR) is 65.7 cm³/mol. The van der Waals surface area contributed by atoms with E-state index in [0.29, 0.717) is 30.1 Å². The monoisotopic (exact) mass is 263 g/mol. The molecule has 100 valence electrons. The fourth-order valence-corrected chi connectivity index (χ4v) is 2.16. The van der Waals surface area contributed by atoms with Gasteiger partial charge in [0.2, 0.25) is 0 Å². The fraction of sp³-hybridized carbons (Fsp3) is 0.455. The normalized spacial score (nSPS) is 19.6. The average molecular weight is 263 g/mol. The van der Waals surface area contributed by atoms with E-state index >= 15 is 0 Å². The largest absolute Gasteiger partial charge is 0.467 e. The number of methoxy groups -OCH3 is 1. The summed E-state index contributed by atoms with van der Waals surface area (Å²) in [6, 6.07) is -0.500. The SMILES string of the molecule is COC(=O)C1COCCN1c1ncnc2nc[nH]c12. The highest BCUT2D eigenvalue weighted by Crippen LogP contribution is 2.23. The number of morpholine rings is 1. The van der Waals surface area contributed by atoms with Crippen LogP contribution in [0, 0.1) is 0 Å². The number of nitrogens with one attached hydrogen (secondary N) is 1. The highest BCUT2D eigenvalue weighted by atomic mass is 16.5. The number of carbonyl (C=O) groups is 1. The van der Waals surface area contributed by atoms with E-state index in [4.69, 9.17) is 9.47 Å². The highest BCUT2D eigenvalue weighted by Gasteiger charge is 2.32. The number of carbonyl (C=O) groups excluding carboxylic acids is 1. The van der Waals surface area contributed by atoms with Crippen molar-refractivity contribution in [2.75, 3.05) is 31.8 Å². The Morgan fingerprint density at radius 2 is 2.42 bits per heavy atom. The number of H-pyrrole nitrogens is 1. The Morgan fingerprint density at radius 3 is 3.26 bits per heavy atom. The van der Waals surface area contributed by atoms with Crippen molar-refractivity contribution < 1.29 is 14.3 Å². The summed E-state index contributed by atoms with van der Waals surface area (Å²) in [4.78, 5) is 29.1. The maximum atomic E-state index is 11.8. The van der Waals surface area contributed by atoms with Crippen molar-refractivity contribution in [3.63, 3.8) is 0 Å². The molecule has 3 heterocycles. The fourth-order valence-electron chi connectivity index (χ4n) is 2.16. The number of fused-ring (bicyclic) bond motifs is 1. The van der Waals surface area contributed by atoms with E-state index in [1.807, 2.05) is 4.90 Å². The molecule has 1 saturated heterocycles. The molecule has 0 amide bonds. The van der Waals surface area contributed by atoms with E-state index in [9.17, 15) is 4.79 Å². The topological polar surface area (TPSA) is 93.2 Å². The minimum Gasteiger partial charge on any atom is -0.467 e. The van der Waals surface area contributed by atoms with Gasteiger partial charge in [-0.1, -0.05) is 0 Å². The zero-order valence-electron chi connectivity index (χ0n) is 10.4. The van der Waals surface area contributed by atoms with Crippen LogP contribution in [0.25, 0.3) is 11.2 Å². The first-order chi connectivity index (χ1) is 9.31. The molecule has 1 aliphatic heterocycles. The van der Waals surface area contributed by atoms with Crippen LogP contribution >= 0.6 is 0 Å². The molecular formula is C11H13N5O3. The number of imidazole rings is 1. The smallest absolute Gasteiger partial charge is 0.330 e. The summed E-state index contributed by atoms with van der Waals surface area (Å²) in [5.41, 5.74) is 1.28. The minimum atomic E-state index is -0.500. The predicted octanol–water partition coefficient (Wildman–Crippen LogP) is -0.269. The van der Waals surface area contributed by atoms with Crippen molar-refractivity contribution in [2.24, 2.45) is 0 Å². The van der Waals surface area contributed by atoms with Crippen LogP contribution in [0.4, 0.5) is 5.82 Å². The first-order valence-electron chi connectivity index (χ1n) is 5.87. The van der Waals surface area contributed by atoms with Crippen molar-refractivity contribution in [3.8, 4) is 0 Å². The van der Waals surface area contributed by atoms with E-state index in [1.165, 1.54) is 13.4 Å². The Hall–Kier alpha value is -2.22. The number of aromatic nitrogens is 4. The molecule has 0 aliphatic carbocycles. The van der Waals surface area contributed by atoms with E-state index in [1.54, 1.807) is 6.33 Å². The number of rotatable bonds is 2. The molecule has 2 aromatic rings. The first-order valence-corrected chi connectivity index (χ1v) is 5.87. The zero-order valence-corrected chi connectivity index (χ0v) is 10.4. The molecule has 1 unspecified atom stereocenters. The number of aromatic amines is 1. The molecule has 3 rings (SSSR count). The van der Waals surface area contributed by atoms with Gasteiger partial charge in [-0.3, -0.25) is 0 Å². The average Bonchev–Trinajstić information content (AvgIpc) is 2.94. The van der Waals surface area contributed by atoms with E-state index in [0.717, 1.165) is 0 Å². The van der Waals surface area contributed by atoms with Crippen molar-refractivity contribution in [3.05, 3.63) is 12.7 Å². The van der Waals surface area contributed by atoms with Crippen LogP contribution in [0.3, 0.4) is 0 Å². The van der Waals surface area contributed by atoms with Crippen molar-refractivity contribution in [1.82, 2.24) is 19.9 Å². The Bertz CT molecular complexity index is 599. The van der Waals surface area contributed by atoms with Gasteiger partial charge in [-0.15, -0.1) is 0 Å². The molecule has 1 N–H and O–H groups in total. The molecule has 1 aliphatic rings. The van der Waals surface area contributed by atoms with E-state index in [-0.39, 0.29) is 12.6 Å². The number of anilines is 1. The zero-order chi connectivity index (χ0) is 13.2. The second-order valence-electron chi connectivity index (χ2n) is 4.11. The van der Waals surface area contributed by atoms with Crippen LogP contribution in [0.2, 0.25) is 0 Å². The molecule has 1 fully saturated rings. The quantitative estimate of drug-likeness (QED) is 0.745. The molecule has 0 radical (unpaired) electrons. The van der Waals surface area contributed by atoms with Gasteiger partial charge in [-0.05, 0) is 0 Å². The molecule has 0 spiro atoms. The third-order valence-corrected chi connectivity index (χ3v) is 3.08. The molecule has 2 aromatic heterocycles. The number of esters is 1. The van der Waals surface area contributed by atoms with E-state index < -0.39 is 6.04 Å². The number of hydrogen-bond donors (Lipinski definition) is 1. The Balaban J connectivity index is 2.02. The highest BCUT2D eigenvalue weighted by molar-refractivity contribution is 5.87. The van der Waals surface area contributed by atoms with Gasteiger partial charge in [0, 0.05) is 6.54 Å². The molecular weight excluding hydrogens is 250 g/mol. The lowest BCUT2D eigenvalue weighted by atomic mass is 10.2. The Labute approximate surface area is 108 Å². The molecule has 8 nitrogen and oxygen atoms in total. The summed E-state index contributed by atoms with van der Waals surface area (Å²) in [5.74, 6) is 0.298. The molecule has 0 bridgehead atoms. The summed E-state index contributed by atoms with van der Waals surface area (Å²) in [6.45, 7) is 1.38. The number of nitrogens with zero attached hydrogens (tertiary/aromatic N) is 4. The lowest BCUT2D eigenvalue weighted by Crippen LogP contribution is -2.51. The van der Waals surface area contributed by atoms with Crippen LogP contribution in [0.15, 0.2) is 12.7 Å². The van der Waals surface area contributed by atoms with Gasteiger partial charge >= 0.3 is 5.97 Å². The third kappa shape index (κ3) is 1.99. The lowest BCUT2D eigenvalue weighted by molar-refractivity contribution is -0.144. The summed E-state index contributed by atoms with van der Waals surface area (Å²) in [5, 5.41) is 0. The third-order valence-electron chi connectivity index (χ3n) is 3.08. The lowest BCUT2D eigenvalue weighted by Gasteiger charge is -2.34. The molecule has 19 heavy (non-hydrogen) atoms. The van der Waals surface area contributed by atoms with Crippen LogP contribution in [0.1, 0.15) is 0 Å². The summed E-state index contributed by atoms with van der Waals surface area (Å²) in [6.07, 6.45) is 2.98. The van der Waals surface area contributed by atoms with Gasteiger partial charge in [-0.2, -0.15) is 0 Å². The maximum absolute atomic E-state index is 11.8. The second-order valence-corrected chi connectivity index (χ2v) is 4.11. The van der Waals surface area contributed by atoms with Crippen LogP contribution < -0.4 is 4.90 Å². The maximum Gasteiger partial charge on any atom is 0.330 e. The van der Waals surface area contributed by atoms with Crippen LogP contribution in [0.5, 0.6) is 0 Å². The van der Waals surface area contributed by atoms with Crippen LogP contribution in [-0.4, -0.2) is 58.8 Å². The minimum absolute atomic E-state index is 0.284. The van der Waals surface area contributed by atoms with Gasteiger partial charge in [0.05, 0.1) is 26.7 Å². The number of hydrogen-bond acceptors (Lipinski definition) is 7. The summed E-state index contributed by atoms with van der Waals surface area (Å²) >= 11 is 0. The summed E-state index contributed by atoms with van der Waals surface area (Å²) < 4.78 is 10.1. The summed E-state index contributed by atoms with van der Waals surface area (Å²) in [7, 11) is 1.36. The first kappa shape index (κ1) is 11.8. The van der Waals surface area contributed by atoms with Gasteiger partial charge in [0.15, 0.2) is 17.5 Å². The molecule has 1 atom stereocenters.